The molecule has 0 bridgehead atoms. The zero-order chi connectivity index (χ0) is 16.9. The molecule has 0 saturated carbocycles. The number of carbonyl (C=O) groups excluding carboxylic acids is 2. The maximum atomic E-state index is 12.3. The van der Waals surface area contributed by atoms with Gasteiger partial charge in [-0.25, -0.2) is 4.98 Å². The Morgan fingerprint density at radius 1 is 1.29 bits per heavy atom. The van der Waals surface area contributed by atoms with Gasteiger partial charge in [0.1, 0.15) is 6.10 Å². The monoisotopic (exact) mass is 345 g/mol. The van der Waals surface area contributed by atoms with E-state index in [9.17, 15) is 9.59 Å². The number of thiophene rings is 1. The molecule has 3 rings (SSSR count). The van der Waals surface area contributed by atoms with Gasteiger partial charge in [-0.3, -0.25) is 9.59 Å². The second-order valence-corrected chi connectivity index (χ2v) is 6.47. The van der Waals surface area contributed by atoms with Crippen LogP contribution in [-0.2, 0) is 4.79 Å². The number of hydrogen-bond acceptors (Lipinski definition) is 5. The maximum Gasteiger partial charge on any atom is 0.254 e. The van der Waals surface area contributed by atoms with Crippen LogP contribution in [0.15, 0.2) is 35.2 Å². The summed E-state index contributed by atoms with van der Waals surface area (Å²) in [6, 6.07) is 5.36. The van der Waals surface area contributed by atoms with Gasteiger partial charge in [0.05, 0.1) is 17.4 Å². The lowest BCUT2D eigenvalue weighted by Crippen LogP contribution is -2.41. The topological polar surface area (TPSA) is 71.5 Å². The second-order valence-electron chi connectivity index (χ2n) is 5.69. The smallest absolute Gasteiger partial charge is 0.254 e. The first kappa shape index (κ1) is 16.4. The molecule has 1 saturated heterocycles. The molecule has 0 unspecified atom stereocenters. The van der Waals surface area contributed by atoms with Crippen LogP contribution in [-0.4, -0.2) is 40.9 Å². The molecule has 1 N–H and O–H groups in total. The van der Waals surface area contributed by atoms with E-state index < -0.39 is 0 Å². The number of aromatic nitrogens is 1. The Labute approximate surface area is 144 Å². The lowest BCUT2D eigenvalue weighted by Gasteiger charge is -2.31. The van der Waals surface area contributed by atoms with Gasteiger partial charge in [-0.05, 0) is 17.5 Å². The van der Waals surface area contributed by atoms with E-state index in [4.69, 9.17) is 4.74 Å². The second kappa shape index (κ2) is 7.44. The summed E-state index contributed by atoms with van der Waals surface area (Å²) in [7, 11) is 0. The molecule has 0 atom stereocenters. The van der Waals surface area contributed by atoms with E-state index in [0.717, 1.165) is 18.4 Å². The fraction of sp³-hybridized carbons (Fsp3) is 0.353. The summed E-state index contributed by atoms with van der Waals surface area (Å²) in [5.41, 5.74) is 1.40. The highest BCUT2D eigenvalue weighted by Gasteiger charge is 2.25. The largest absolute Gasteiger partial charge is 0.474 e. The molecular weight excluding hydrogens is 326 g/mol. The maximum absolute atomic E-state index is 12.3. The number of nitrogens with one attached hydrogen (secondary N) is 1. The first-order valence-corrected chi connectivity index (χ1v) is 8.78. The van der Waals surface area contributed by atoms with Crippen LogP contribution in [0.1, 0.15) is 30.1 Å². The molecule has 0 radical (unpaired) electrons. The first-order chi connectivity index (χ1) is 11.6. The van der Waals surface area contributed by atoms with Crippen molar-refractivity contribution in [1.82, 2.24) is 9.88 Å². The highest BCUT2D eigenvalue weighted by Crippen LogP contribution is 2.20. The molecule has 2 aromatic rings. The normalized spacial score (nSPS) is 15.1. The molecule has 2 aromatic heterocycles. The molecule has 0 spiro atoms. The van der Waals surface area contributed by atoms with E-state index in [0.29, 0.717) is 24.7 Å². The molecule has 7 heteroatoms. The molecule has 1 aliphatic heterocycles. The third-order valence-electron chi connectivity index (χ3n) is 3.84. The Hall–Kier alpha value is -2.41. The summed E-state index contributed by atoms with van der Waals surface area (Å²) in [6.07, 6.45) is 3.19. The Morgan fingerprint density at radius 3 is 2.67 bits per heavy atom. The highest BCUT2D eigenvalue weighted by molar-refractivity contribution is 7.08. The van der Waals surface area contributed by atoms with Crippen molar-refractivity contribution in [2.45, 2.75) is 25.9 Å². The fourth-order valence-corrected chi connectivity index (χ4v) is 3.27. The van der Waals surface area contributed by atoms with Crippen LogP contribution in [0.3, 0.4) is 0 Å². The van der Waals surface area contributed by atoms with Crippen molar-refractivity contribution in [3.8, 4) is 5.88 Å². The lowest BCUT2D eigenvalue weighted by molar-refractivity contribution is -0.114. The lowest BCUT2D eigenvalue weighted by atomic mass is 10.1. The van der Waals surface area contributed by atoms with Gasteiger partial charge in [0.2, 0.25) is 11.8 Å². The Balaban J connectivity index is 1.50. The molecule has 3 heterocycles. The highest BCUT2D eigenvalue weighted by atomic mass is 32.1. The molecule has 2 amide bonds. The van der Waals surface area contributed by atoms with Gasteiger partial charge in [0, 0.05) is 44.3 Å². The van der Waals surface area contributed by atoms with Crippen LogP contribution < -0.4 is 10.1 Å². The van der Waals surface area contributed by atoms with Crippen molar-refractivity contribution in [2.24, 2.45) is 0 Å². The number of pyridine rings is 1. The van der Waals surface area contributed by atoms with E-state index in [1.165, 1.54) is 18.3 Å². The predicted octanol–water partition coefficient (Wildman–Crippen LogP) is 2.79. The molecule has 6 nitrogen and oxygen atoms in total. The van der Waals surface area contributed by atoms with E-state index in [2.05, 4.69) is 10.3 Å². The van der Waals surface area contributed by atoms with Gasteiger partial charge in [-0.2, -0.15) is 11.3 Å². The van der Waals surface area contributed by atoms with Crippen molar-refractivity contribution >= 4 is 28.8 Å². The van der Waals surface area contributed by atoms with Gasteiger partial charge >= 0.3 is 0 Å². The average Bonchev–Trinajstić information content (AvgIpc) is 3.11. The van der Waals surface area contributed by atoms with Gasteiger partial charge in [0.15, 0.2) is 0 Å². The number of rotatable bonds is 4. The van der Waals surface area contributed by atoms with Gasteiger partial charge in [-0.1, -0.05) is 0 Å². The van der Waals surface area contributed by atoms with Gasteiger partial charge in [-0.15, -0.1) is 0 Å². The number of anilines is 1. The molecular formula is C17H19N3O3S. The summed E-state index contributed by atoms with van der Waals surface area (Å²) >= 11 is 1.53. The summed E-state index contributed by atoms with van der Waals surface area (Å²) in [5.74, 6) is 0.493. The minimum atomic E-state index is -0.131. The summed E-state index contributed by atoms with van der Waals surface area (Å²) in [6.45, 7) is 2.82. The minimum Gasteiger partial charge on any atom is -0.474 e. The Kier molecular flexibility index (Phi) is 5.10. The first-order valence-electron chi connectivity index (χ1n) is 7.83. The number of amides is 2. The molecule has 0 aromatic carbocycles. The van der Waals surface area contributed by atoms with Crippen LogP contribution in [0.2, 0.25) is 0 Å². The van der Waals surface area contributed by atoms with E-state index in [-0.39, 0.29) is 17.9 Å². The number of ether oxygens (including phenoxy) is 1. The van der Waals surface area contributed by atoms with Gasteiger partial charge < -0.3 is 15.0 Å². The Morgan fingerprint density at radius 2 is 2.08 bits per heavy atom. The zero-order valence-electron chi connectivity index (χ0n) is 13.4. The summed E-state index contributed by atoms with van der Waals surface area (Å²) in [5, 5.41) is 6.46. The van der Waals surface area contributed by atoms with Crippen LogP contribution in [0.4, 0.5) is 5.69 Å². The van der Waals surface area contributed by atoms with Crippen LogP contribution in [0.5, 0.6) is 5.88 Å². The fourth-order valence-electron chi connectivity index (χ4n) is 2.64. The average molecular weight is 345 g/mol. The standard InChI is InChI=1S/C17H19N3O3S/c1-12(21)19-14-2-3-16(18-10-14)23-15-4-7-20(8-5-15)17(22)13-6-9-24-11-13/h2-3,6,9-11,15H,4-5,7-8H2,1H3,(H,19,21). The molecule has 24 heavy (non-hydrogen) atoms. The van der Waals surface area contributed by atoms with Crippen molar-refractivity contribution in [2.75, 3.05) is 18.4 Å². The van der Waals surface area contributed by atoms with Crippen molar-refractivity contribution in [1.29, 1.82) is 0 Å². The quantitative estimate of drug-likeness (QED) is 0.925. The van der Waals surface area contributed by atoms with E-state index in [1.54, 1.807) is 18.3 Å². The van der Waals surface area contributed by atoms with E-state index in [1.807, 2.05) is 21.7 Å². The minimum absolute atomic E-state index is 0.0515. The van der Waals surface area contributed by atoms with Gasteiger partial charge in [0.25, 0.3) is 5.91 Å². The van der Waals surface area contributed by atoms with E-state index >= 15 is 0 Å². The van der Waals surface area contributed by atoms with Crippen molar-refractivity contribution in [3.05, 3.63) is 40.7 Å². The molecule has 126 valence electrons. The zero-order valence-corrected chi connectivity index (χ0v) is 14.2. The Bertz CT molecular complexity index is 692. The number of piperidine rings is 1. The number of carbonyl (C=O) groups is 2. The number of likely N-dealkylation sites (tertiary alicyclic amines) is 1. The molecule has 0 aliphatic carbocycles. The SMILES string of the molecule is CC(=O)Nc1ccc(OC2CCN(C(=O)c3ccsc3)CC2)nc1. The van der Waals surface area contributed by atoms with Crippen LogP contribution >= 0.6 is 11.3 Å². The predicted molar refractivity (Wildman–Crippen MR) is 92.4 cm³/mol. The van der Waals surface area contributed by atoms with Crippen LogP contribution in [0, 0.1) is 0 Å². The van der Waals surface area contributed by atoms with Crippen molar-refractivity contribution < 1.29 is 14.3 Å². The number of hydrogen-bond donors (Lipinski definition) is 1. The van der Waals surface area contributed by atoms with Crippen LogP contribution in [0.25, 0.3) is 0 Å². The molecule has 1 fully saturated rings. The summed E-state index contributed by atoms with van der Waals surface area (Å²) < 4.78 is 5.87. The third-order valence-corrected chi connectivity index (χ3v) is 4.52. The molecule has 1 aliphatic rings. The third kappa shape index (κ3) is 4.11. The van der Waals surface area contributed by atoms with Crippen molar-refractivity contribution in [3.63, 3.8) is 0 Å². The number of nitrogens with zero attached hydrogens (tertiary/aromatic N) is 2. The summed E-state index contributed by atoms with van der Waals surface area (Å²) in [4.78, 5) is 29.4.